The molecule has 138 valence electrons. The Balaban J connectivity index is 1.93. The number of hydrogen-bond donors (Lipinski definition) is 3. The average Bonchev–Trinajstić information content (AvgIpc) is 2.62. The first kappa shape index (κ1) is 19.5. The lowest BCUT2D eigenvalue weighted by atomic mass is 10.1. The van der Waals surface area contributed by atoms with E-state index in [1.165, 1.54) is 11.1 Å². The van der Waals surface area contributed by atoms with E-state index in [9.17, 15) is 9.59 Å². The number of amides is 2. The van der Waals surface area contributed by atoms with E-state index in [0.717, 1.165) is 12.1 Å². The minimum absolute atomic E-state index is 0.114. The largest absolute Gasteiger partial charge is 0.376 e. The van der Waals surface area contributed by atoms with Crippen LogP contribution in [0.5, 0.6) is 0 Å². The average molecular weight is 353 g/mol. The predicted molar refractivity (Wildman–Crippen MR) is 107 cm³/mol. The minimum Gasteiger partial charge on any atom is -0.376 e. The van der Waals surface area contributed by atoms with Gasteiger partial charge in [-0.2, -0.15) is 0 Å². The van der Waals surface area contributed by atoms with Gasteiger partial charge in [0, 0.05) is 23.0 Å². The summed E-state index contributed by atoms with van der Waals surface area (Å²) in [7, 11) is 0. The van der Waals surface area contributed by atoms with Crippen LogP contribution in [0, 0.1) is 13.8 Å². The van der Waals surface area contributed by atoms with Crippen LogP contribution in [-0.2, 0) is 4.79 Å². The lowest BCUT2D eigenvalue weighted by Gasteiger charge is -2.13. The van der Waals surface area contributed by atoms with Gasteiger partial charge in [-0.15, -0.1) is 0 Å². The molecule has 0 heterocycles. The molecular weight excluding hydrogens is 326 g/mol. The second kappa shape index (κ2) is 9.04. The van der Waals surface area contributed by atoms with E-state index in [1.54, 1.807) is 24.3 Å². The van der Waals surface area contributed by atoms with Crippen LogP contribution in [-0.4, -0.2) is 24.4 Å². The van der Waals surface area contributed by atoms with E-state index >= 15 is 0 Å². The predicted octanol–water partition coefficient (Wildman–Crippen LogP) is 3.88. The molecule has 1 atom stereocenters. The maximum absolute atomic E-state index is 12.2. The van der Waals surface area contributed by atoms with Gasteiger partial charge in [-0.1, -0.05) is 19.1 Å². The molecule has 0 saturated carbocycles. The van der Waals surface area contributed by atoms with Gasteiger partial charge in [-0.05, 0) is 68.7 Å². The third-order valence-electron chi connectivity index (χ3n) is 4.36. The van der Waals surface area contributed by atoms with Gasteiger partial charge in [0.15, 0.2) is 0 Å². The van der Waals surface area contributed by atoms with Crippen molar-refractivity contribution in [2.24, 2.45) is 0 Å². The molecule has 5 nitrogen and oxygen atoms in total. The Bertz CT molecular complexity index is 787. The van der Waals surface area contributed by atoms with Crippen molar-refractivity contribution < 1.29 is 9.59 Å². The fourth-order valence-corrected chi connectivity index (χ4v) is 2.39. The van der Waals surface area contributed by atoms with E-state index in [-0.39, 0.29) is 24.4 Å². The number of benzene rings is 2. The minimum atomic E-state index is -0.164. The van der Waals surface area contributed by atoms with Gasteiger partial charge >= 0.3 is 0 Å². The number of aryl methyl sites for hydroxylation is 2. The van der Waals surface area contributed by atoms with Crippen LogP contribution in [0.2, 0.25) is 0 Å². The molecule has 2 aromatic rings. The standard InChI is InChI=1S/C21H27N3O2/c1-5-16(4)23-21(26)17-7-6-8-19(12-17)24-20(25)13-22-18-10-9-14(2)15(3)11-18/h6-12,16,22H,5,13H2,1-4H3,(H,23,26)(H,24,25). The summed E-state index contributed by atoms with van der Waals surface area (Å²) >= 11 is 0. The van der Waals surface area contributed by atoms with E-state index < -0.39 is 0 Å². The van der Waals surface area contributed by atoms with Gasteiger partial charge in [-0.3, -0.25) is 9.59 Å². The first-order valence-corrected chi connectivity index (χ1v) is 8.91. The Morgan fingerprint density at radius 2 is 1.77 bits per heavy atom. The molecule has 0 bridgehead atoms. The van der Waals surface area contributed by atoms with Gasteiger partial charge in [0.25, 0.3) is 5.91 Å². The molecule has 1 unspecified atom stereocenters. The summed E-state index contributed by atoms with van der Waals surface area (Å²) in [5.74, 6) is -0.300. The van der Waals surface area contributed by atoms with Crippen LogP contribution in [0.15, 0.2) is 42.5 Å². The molecule has 2 amide bonds. The Morgan fingerprint density at radius 1 is 1.00 bits per heavy atom. The summed E-state index contributed by atoms with van der Waals surface area (Å²) in [5, 5.41) is 8.85. The Kier molecular flexibility index (Phi) is 6.78. The molecule has 2 rings (SSSR count). The van der Waals surface area contributed by atoms with E-state index in [0.29, 0.717) is 11.3 Å². The lowest BCUT2D eigenvalue weighted by molar-refractivity contribution is -0.114. The van der Waals surface area contributed by atoms with Gasteiger partial charge in [0.1, 0.15) is 0 Å². The molecule has 0 aliphatic heterocycles. The van der Waals surface area contributed by atoms with Crippen molar-refractivity contribution in [3.8, 4) is 0 Å². The number of hydrogen-bond acceptors (Lipinski definition) is 3. The van der Waals surface area contributed by atoms with Crippen LogP contribution in [0.1, 0.15) is 41.8 Å². The van der Waals surface area contributed by atoms with Crippen LogP contribution in [0.25, 0.3) is 0 Å². The third kappa shape index (κ3) is 5.62. The van der Waals surface area contributed by atoms with Gasteiger partial charge in [0.05, 0.1) is 6.54 Å². The van der Waals surface area contributed by atoms with E-state index in [1.807, 2.05) is 39.0 Å². The van der Waals surface area contributed by atoms with Crippen molar-refractivity contribution >= 4 is 23.2 Å². The van der Waals surface area contributed by atoms with Crippen molar-refractivity contribution in [2.75, 3.05) is 17.2 Å². The zero-order chi connectivity index (χ0) is 19.1. The molecule has 0 fully saturated rings. The first-order chi connectivity index (χ1) is 12.4. The highest BCUT2D eigenvalue weighted by Gasteiger charge is 2.10. The molecule has 2 aromatic carbocycles. The van der Waals surface area contributed by atoms with Crippen LogP contribution >= 0.6 is 0 Å². The van der Waals surface area contributed by atoms with Gasteiger partial charge < -0.3 is 16.0 Å². The topological polar surface area (TPSA) is 70.2 Å². The molecule has 3 N–H and O–H groups in total. The Morgan fingerprint density at radius 3 is 2.46 bits per heavy atom. The monoisotopic (exact) mass is 353 g/mol. The molecule has 0 radical (unpaired) electrons. The molecular formula is C21H27N3O2. The summed E-state index contributed by atoms with van der Waals surface area (Å²) < 4.78 is 0. The van der Waals surface area contributed by atoms with Crippen molar-refractivity contribution in [3.05, 3.63) is 59.2 Å². The molecule has 0 aliphatic carbocycles. The Labute approximate surface area is 155 Å². The Hall–Kier alpha value is -2.82. The molecule has 0 aromatic heterocycles. The van der Waals surface area contributed by atoms with Crippen molar-refractivity contribution in [2.45, 2.75) is 40.2 Å². The smallest absolute Gasteiger partial charge is 0.251 e. The second-order valence-corrected chi connectivity index (χ2v) is 6.56. The number of carbonyl (C=O) groups excluding carboxylic acids is 2. The van der Waals surface area contributed by atoms with Crippen LogP contribution in [0.4, 0.5) is 11.4 Å². The maximum Gasteiger partial charge on any atom is 0.251 e. The normalized spacial score (nSPS) is 11.5. The lowest BCUT2D eigenvalue weighted by Crippen LogP contribution is -2.32. The van der Waals surface area contributed by atoms with E-state index in [4.69, 9.17) is 0 Å². The number of nitrogens with one attached hydrogen (secondary N) is 3. The summed E-state index contributed by atoms with van der Waals surface area (Å²) in [6.07, 6.45) is 0.867. The van der Waals surface area contributed by atoms with Crippen molar-refractivity contribution in [3.63, 3.8) is 0 Å². The van der Waals surface area contributed by atoms with Crippen molar-refractivity contribution in [1.82, 2.24) is 5.32 Å². The summed E-state index contributed by atoms with van der Waals surface area (Å²) in [6.45, 7) is 8.23. The molecule has 0 aliphatic rings. The fraction of sp³-hybridized carbons (Fsp3) is 0.333. The molecule has 5 heteroatoms. The SMILES string of the molecule is CCC(C)NC(=O)c1cccc(NC(=O)CNc2ccc(C)c(C)c2)c1. The molecule has 0 saturated heterocycles. The zero-order valence-corrected chi connectivity index (χ0v) is 15.8. The van der Waals surface area contributed by atoms with Crippen molar-refractivity contribution in [1.29, 1.82) is 0 Å². The van der Waals surface area contributed by atoms with Crippen LogP contribution < -0.4 is 16.0 Å². The second-order valence-electron chi connectivity index (χ2n) is 6.56. The number of anilines is 2. The molecule has 26 heavy (non-hydrogen) atoms. The highest BCUT2D eigenvalue weighted by Crippen LogP contribution is 2.14. The molecule has 0 spiro atoms. The zero-order valence-electron chi connectivity index (χ0n) is 15.8. The summed E-state index contributed by atoms with van der Waals surface area (Å²) in [5.41, 5.74) is 4.44. The summed E-state index contributed by atoms with van der Waals surface area (Å²) in [4.78, 5) is 24.4. The first-order valence-electron chi connectivity index (χ1n) is 8.91. The van der Waals surface area contributed by atoms with Crippen LogP contribution in [0.3, 0.4) is 0 Å². The van der Waals surface area contributed by atoms with E-state index in [2.05, 4.69) is 22.9 Å². The fourth-order valence-electron chi connectivity index (χ4n) is 2.39. The number of carbonyl (C=O) groups is 2. The maximum atomic E-state index is 12.2. The quantitative estimate of drug-likeness (QED) is 0.707. The van der Waals surface area contributed by atoms with Gasteiger partial charge in [0.2, 0.25) is 5.91 Å². The highest BCUT2D eigenvalue weighted by molar-refractivity contribution is 5.98. The number of rotatable bonds is 7. The third-order valence-corrected chi connectivity index (χ3v) is 4.36. The van der Waals surface area contributed by atoms with Gasteiger partial charge in [-0.25, -0.2) is 0 Å². The highest BCUT2D eigenvalue weighted by atomic mass is 16.2. The summed E-state index contributed by atoms with van der Waals surface area (Å²) in [6, 6.07) is 13.1.